The molecule has 0 N–H and O–H groups in total. The third-order valence-corrected chi connectivity index (χ3v) is 2.87. The van der Waals surface area contributed by atoms with Gasteiger partial charge in [0.15, 0.2) is 0 Å². The maximum absolute atomic E-state index is 12.1. The van der Waals surface area contributed by atoms with Crippen molar-refractivity contribution in [3.05, 3.63) is 34.3 Å². The Bertz CT molecular complexity index is 451. The molecule has 0 aliphatic heterocycles. The van der Waals surface area contributed by atoms with Crippen molar-refractivity contribution in [3.8, 4) is 6.07 Å². The van der Waals surface area contributed by atoms with E-state index < -0.39 is 0 Å². The van der Waals surface area contributed by atoms with Crippen molar-refractivity contribution in [1.82, 2.24) is 4.90 Å². The van der Waals surface area contributed by atoms with Crippen LogP contribution in [0.3, 0.4) is 0 Å². The topological polar surface area (TPSA) is 44.1 Å². The summed E-state index contributed by atoms with van der Waals surface area (Å²) < 4.78 is 0. The molecule has 0 fully saturated rings. The Kier molecular flexibility index (Phi) is 4.99. The summed E-state index contributed by atoms with van der Waals surface area (Å²) in [5, 5.41) is 9.26. The van der Waals surface area contributed by atoms with Crippen LogP contribution in [-0.4, -0.2) is 23.9 Å². The van der Waals surface area contributed by atoms with E-state index in [-0.39, 0.29) is 12.5 Å². The molecule has 0 spiro atoms. The molecule has 1 amide bonds. The van der Waals surface area contributed by atoms with E-state index in [1.165, 1.54) is 4.90 Å². The van der Waals surface area contributed by atoms with Crippen molar-refractivity contribution >= 4 is 17.5 Å². The Hall–Kier alpha value is -1.53. The van der Waals surface area contributed by atoms with Gasteiger partial charge in [-0.1, -0.05) is 24.6 Å². The van der Waals surface area contributed by atoms with E-state index in [0.29, 0.717) is 17.1 Å². The van der Waals surface area contributed by atoms with E-state index in [2.05, 4.69) is 0 Å². The number of hydrogen-bond donors (Lipinski definition) is 0. The van der Waals surface area contributed by atoms with Crippen molar-refractivity contribution in [2.24, 2.45) is 0 Å². The molecule has 0 bridgehead atoms. The summed E-state index contributed by atoms with van der Waals surface area (Å²) in [5.74, 6) is -0.143. The first kappa shape index (κ1) is 13.5. The average molecular weight is 251 g/mol. The largest absolute Gasteiger partial charge is 0.325 e. The number of benzene rings is 1. The summed E-state index contributed by atoms with van der Waals surface area (Å²) in [4.78, 5) is 13.6. The van der Waals surface area contributed by atoms with Crippen LogP contribution in [0.5, 0.6) is 0 Å². The highest BCUT2D eigenvalue weighted by atomic mass is 35.5. The molecule has 0 aliphatic carbocycles. The third-order valence-electron chi connectivity index (χ3n) is 2.46. The van der Waals surface area contributed by atoms with Crippen molar-refractivity contribution < 1.29 is 4.79 Å². The second kappa shape index (κ2) is 6.27. The molecule has 0 radical (unpaired) electrons. The Labute approximate surface area is 107 Å². The molecule has 1 aromatic carbocycles. The smallest absolute Gasteiger partial charge is 0.254 e. The lowest BCUT2D eigenvalue weighted by Gasteiger charge is -2.18. The Morgan fingerprint density at radius 1 is 1.53 bits per heavy atom. The fourth-order valence-corrected chi connectivity index (χ4v) is 1.70. The summed E-state index contributed by atoms with van der Waals surface area (Å²) in [5.41, 5.74) is 1.47. The van der Waals surface area contributed by atoms with E-state index in [4.69, 9.17) is 16.9 Å². The Balaban J connectivity index is 2.93. The summed E-state index contributed by atoms with van der Waals surface area (Å²) in [6.45, 7) is 4.55. The number of rotatable bonds is 4. The molecule has 3 nitrogen and oxygen atoms in total. The number of carbonyl (C=O) groups excluding carboxylic acids is 1. The van der Waals surface area contributed by atoms with Gasteiger partial charge in [-0.15, -0.1) is 0 Å². The Morgan fingerprint density at radius 2 is 2.24 bits per heavy atom. The zero-order valence-corrected chi connectivity index (χ0v) is 10.8. The predicted octanol–water partition coefficient (Wildman–Crippen LogP) is 3.02. The minimum atomic E-state index is -0.143. The van der Waals surface area contributed by atoms with Gasteiger partial charge in [0, 0.05) is 17.1 Å². The van der Waals surface area contributed by atoms with Crippen LogP contribution < -0.4 is 0 Å². The van der Waals surface area contributed by atoms with Crippen LogP contribution in [0, 0.1) is 18.3 Å². The summed E-state index contributed by atoms with van der Waals surface area (Å²) in [6, 6.07) is 7.20. The van der Waals surface area contributed by atoms with Gasteiger partial charge in [0.2, 0.25) is 0 Å². The molecule has 1 aromatic rings. The van der Waals surface area contributed by atoms with Gasteiger partial charge in [-0.3, -0.25) is 4.79 Å². The normalized spacial score (nSPS) is 9.76. The van der Waals surface area contributed by atoms with E-state index >= 15 is 0 Å². The first-order valence-corrected chi connectivity index (χ1v) is 5.90. The number of nitrogens with zero attached hydrogens (tertiary/aromatic N) is 2. The molecule has 0 saturated heterocycles. The minimum absolute atomic E-state index is 0.109. The van der Waals surface area contributed by atoms with Gasteiger partial charge in [0.05, 0.1) is 6.07 Å². The van der Waals surface area contributed by atoms with Gasteiger partial charge in [0.1, 0.15) is 6.54 Å². The molecule has 0 aliphatic rings. The number of carbonyl (C=O) groups is 1. The van der Waals surface area contributed by atoms with Crippen molar-refractivity contribution in [2.45, 2.75) is 20.3 Å². The quantitative estimate of drug-likeness (QED) is 0.771. The molecule has 0 heterocycles. The van der Waals surface area contributed by atoms with E-state index in [1.807, 2.05) is 26.0 Å². The summed E-state index contributed by atoms with van der Waals surface area (Å²) in [6.07, 6.45) is 0.826. The molecule has 4 heteroatoms. The van der Waals surface area contributed by atoms with Gasteiger partial charge < -0.3 is 4.90 Å². The number of amides is 1. The highest BCUT2D eigenvalue weighted by Crippen LogP contribution is 2.17. The van der Waals surface area contributed by atoms with Crippen molar-refractivity contribution in [3.63, 3.8) is 0 Å². The number of aryl methyl sites for hydroxylation is 1. The maximum atomic E-state index is 12.1. The first-order chi connectivity index (χ1) is 8.10. The van der Waals surface area contributed by atoms with Crippen LogP contribution in [0.25, 0.3) is 0 Å². The average Bonchev–Trinajstić information content (AvgIpc) is 2.31. The van der Waals surface area contributed by atoms with Crippen LogP contribution >= 0.6 is 11.6 Å². The number of hydrogen-bond acceptors (Lipinski definition) is 2. The van der Waals surface area contributed by atoms with Gasteiger partial charge in [0.25, 0.3) is 5.91 Å². The summed E-state index contributed by atoms with van der Waals surface area (Å²) >= 11 is 5.98. The second-order valence-electron chi connectivity index (χ2n) is 3.85. The van der Waals surface area contributed by atoms with Crippen LogP contribution in [0.2, 0.25) is 5.02 Å². The SMILES string of the molecule is CCCN(CC#N)C(=O)c1ccc(C)c(Cl)c1. The predicted molar refractivity (Wildman–Crippen MR) is 68.0 cm³/mol. The van der Waals surface area contributed by atoms with E-state index in [9.17, 15) is 4.79 Å². The molecule has 0 aromatic heterocycles. The van der Waals surface area contributed by atoms with Crippen LogP contribution in [0.15, 0.2) is 18.2 Å². The number of nitriles is 1. The van der Waals surface area contributed by atoms with Crippen LogP contribution in [-0.2, 0) is 0 Å². The first-order valence-electron chi connectivity index (χ1n) is 5.52. The van der Waals surface area contributed by atoms with Gasteiger partial charge in [-0.2, -0.15) is 5.26 Å². The lowest BCUT2D eigenvalue weighted by atomic mass is 10.1. The molecular weight excluding hydrogens is 236 g/mol. The van der Waals surface area contributed by atoms with Gasteiger partial charge >= 0.3 is 0 Å². The van der Waals surface area contributed by atoms with Crippen molar-refractivity contribution in [2.75, 3.05) is 13.1 Å². The summed E-state index contributed by atoms with van der Waals surface area (Å²) in [7, 11) is 0. The van der Waals surface area contributed by atoms with E-state index in [1.54, 1.807) is 12.1 Å². The molecule has 17 heavy (non-hydrogen) atoms. The molecule has 0 saturated carbocycles. The fourth-order valence-electron chi connectivity index (χ4n) is 1.52. The monoisotopic (exact) mass is 250 g/mol. The zero-order chi connectivity index (χ0) is 12.8. The fraction of sp³-hybridized carbons (Fsp3) is 0.385. The highest BCUT2D eigenvalue weighted by Gasteiger charge is 2.15. The molecular formula is C13H15ClN2O. The van der Waals surface area contributed by atoms with E-state index in [0.717, 1.165) is 12.0 Å². The second-order valence-corrected chi connectivity index (χ2v) is 4.26. The molecule has 0 unspecified atom stereocenters. The zero-order valence-electron chi connectivity index (χ0n) is 10.0. The minimum Gasteiger partial charge on any atom is -0.325 e. The van der Waals surface area contributed by atoms with Gasteiger partial charge in [-0.25, -0.2) is 0 Å². The Morgan fingerprint density at radius 3 is 2.76 bits per heavy atom. The van der Waals surface area contributed by atoms with Gasteiger partial charge in [-0.05, 0) is 31.0 Å². The van der Waals surface area contributed by atoms with Crippen LogP contribution in [0.1, 0.15) is 29.3 Å². The number of halogens is 1. The lowest BCUT2D eigenvalue weighted by Crippen LogP contribution is -2.32. The maximum Gasteiger partial charge on any atom is 0.254 e. The highest BCUT2D eigenvalue weighted by molar-refractivity contribution is 6.31. The van der Waals surface area contributed by atoms with Crippen LogP contribution in [0.4, 0.5) is 0 Å². The lowest BCUT2D eigenvalue weighted by molar-refractivity contribution is 0.0776. The molecule has 1 rings (SSSR count). The molecule has 90 valence electrons. The standard InChI is InChI=1S/C13H15ClN2O/c1-3-7-16(8-6-15)13(17)11-5-4-10(2)12(14)9-11/h4-5,9H,3,7-8H2,1-2H3. The van der Waals surface area contributed by atoms with Crippen molar-refractivity contribution in [1.29, 1.82) is 5.26 Å². The third kappa shape index (κ3) is 3.47. The molecule has 0 atom stereocenters.